The number of carbonyl (C=O) groups is 1. The van der Waals surface area contributed by atoms with Gasteiger partial charge in [-0.15, -0.1) is 0 Å². The van der Waals surface area contributed by atoms with Crippen molar-refractivity contribution in [2.75, 3.05) is 37.0 Å². The number of fused-ring (bicyclic) bond motifs is 1. The molecule has 0 saturated heterocycles. The Kier molecular flexibility index (Phi) is 4.04. The van der Waals surface area contributed by atoms with Gasteiger partial charge in [0.2, 0.25) is 0 Å². The standard InChI is InChI=1S/C12H16N4O4/c1-15(4-2-3-13)9-5-8-11(6-10(9)16(18)19)20-7-12(17)14-8/h5-6H,2-4,7,13H2,1H3,(H,14,17). The lowest BCUT2D eigenvalue weighted by Gasteiger charge is -2.23. The number of nitrogens with zero attached hydrogens (tertiary/aromatic N) is 2. The number of rotatable bonds is 5. The Labute approximate surface area is 115 Å². The number of hydrogen-bond donors (Lipinski definition) is 2. The van der Waals surface area contributed by atoms with Crippen LogP contribution in [0.15, 0.2) is 12.1 Å². The number of ether oxygens (including phenoxy) is 1. The average Bonchev–Trinajstić information content (AvgIpc) is 2.43. The second-order valence-electron chi connectivity index (χ2n) is 4.49. The topological polar surface area (TPSA) is 111 Å². The fraction of sp³-hybridized carbons (Fsp3) is 0.417. The molecule has 0 bridgehead atoms. The molecule has 0 aromatic heterocycles. The number of nitro groups is 1. The SMILES string of the molecule is CN(CCCN)c1cc2c(cc1[N+](=O)[O-])OCC(=O)N2. The first-order valence-corrected chi connectivity index (χ1v) is 6.19. The summed E-state index contributed by atoms with van der Waals surface area (Å²) < 4.78 is 5.19. The van der Waals surface area contributed by atoms with E-state index in [9.17, 15) is 14.9 Å². The van der Waals surface area contributed by atoms with Crippen LogP contribution in [0.1, 0.15) is 6.42 Å². The summed E-state index contributed by atoms with van der Waals surface area (Å²) in [5.41, 5.74) is 6.26. The van der Waals surface area contributed by atoms with Gasteiger partial charge in [-0.2, -0.15) is 0 Å². The fourth-order valence-corrected chi connectivity index (χ4v) is 2.01. The van der Waals surface area contributed by atoms with Crippen molar-refractivity contribution in [3.63, 3.8) is 0 Å². The molecular formula is C12H16N4O4. The van der Waals surface area contributed by atoms with Gasteiger partial charge in [-0.05, 0) is 19.0 Å². The lowest BCUT2D eigenvalue weighted by atomic mass is 10.2. The quantitative estimate of drug-likeness (QED) is 0.607. The highest BCUT2D eigenvalue weighted by molar-refractivity contribution is 5.96. The first kappa shape index (κ1) is 14.1. The third-order valence-electron chi connectivity index (χ3n) is 3.02. The normalized spacial score (nSPS) is 13.2. The van der Waals surface area contributed by atoms with Gasteiger partial charge >= 0.3 is 0 Å². The molecule has 1 aromatic carbocycles. The molecule has 0 fully saturated rings. The highest BCUT2D eigenvalue weighted by Gasteiger charge is 2.25. The molecule has 1 aromatic rings. The summed E-state index contributed by atoms with van der Waals surface area (Å²) in [7, 11) is 1.75. The molecule has 1 aliphatic rings. The Hall–Kier alpha value is -2.35. The van der Waals surface area contributed by atoms with Crippen molar-refractivity contribution in [2.24, 2.45) is 5.73 Å². The molecule has 0 radical (unpaired) electrons. The van der Waals surface area contributed by atoms with Gasteiger partial charge in [0.15, 0.2) is 12.4 Å². The second kappa shape index (κ2) is 5.74. The minimum absolute atomic E-state index is 0.0561. The minimum atomic E-state index is -0.464. The maximum atomic E-state index is 11.3. The van der Waals surface area contributed by atoms with E-state index in [4.69, 9.17) is 10.5 Å². The van der Waals surface area contributed by atoms with Gasteiger partial charge in [0.05, 0.1) is 16.7 Å². The number of anilines is 2. The van der Waals surface area contributed by atoms with Crippen LogP contribution in [0.25, 0.3) is 0 Å². The summed E-state index contributed by atoms with van der Waals surface area (Å²) in [5.74, 6) is 0.0363. The van der Waals surface area contributed by atoms with E-state index in [1.165, 1.54) is 6.07 Å². The molecule has 2 rings (SSSR count). The second-order valence-corrected chi connectivity index (χ2v) is 4.49. The van der Waals surface area contributed by atoms with Crippen molar-refractivity contribution in [1.82, 2.24) is 0 Å². The average molecular weight is 280 g/mol. The summed E-state index contributed by atoms with van der Waals surface area (Å²) in [6, 6.07) is 2.89. The molecule has 8 nitrogen and oxygen atoms in total. The van der Waals surface area contributed by atoms with Crippen LogP contribution in [0.2, 0.25) is 0 Å². The van der Waals surface area contributed by atoms with E-state index in [0.717, 1.165) is 0 Å². The zero-order valence-electron chi connectivity index (χ0n) is 11.1. The van der Waals surface area contributed by atoms with Crippen molar-refractivity contribution in [3.8, 4) is 5.75 Å². The van der Waals surface area contributed by atoms with Gasteiger partial charge in [0, 0.05) is 13.6 Å². The van der Waals surface area contributed by atoms with Gasteiger partial charge in [0.25, 0.3) is 11.6 Å². The molecule has 0 unspecified atom stereocenters. The monoisotopic (exact) mass is 280 g/mol. The molecule has 8 heteroatoms. The zero-order valence-corrected chi connectivity index (χ0v) is 11.1. The third-order valence-corrected chi connectivity index (χ3v) is 3.02. The van der Waals surface area contributed by atoms with E-state index in [1.54, 1.807) is 18.0 Å². The molecule has 0 aliphatic carbocycles. The number of nitrogens with one attached hydrogen (secondary N) is 1. The van der Waals surface area contributed by atoms with Gasteiger partial charge in [0.1, 0.15) is 5.69 Å². The van der Waals surface area contributed by atoms with Crippen LogP contribution in [0, 0.1) is 10.1 Å². The first-order chi connectivity index (χ1) is 9.52. The molecule has 1 heterocycles. The molecule has 0 atom stereocenters. The Morgan fingerprint density at radius 2 is 2.30 bits per heavy atom. The fourth-order valence-electron chi connectivity index (χ4n) is 2.01. The van der Waals surface area contributed by atoms with Gasteiger partial charge in [-0.25, -0.2) is 0 Å². The van der Waals surface area contributed by atoms with Crippen molar-refractivity contribution < 1.29 is 14.5 Å². The van der Waals surface area contributed by atoms with E-state index in [1.807, 2.05) is 0 Å². The summed E-state index contributed by atoms with van der Waals surface area (Å²) in [6.07, 6.45) is 0.716. The molecule has 3 N–H and O–H groups in total. The molecule has 0 saturated carbocycles. The van der Waals surface area contributed by atoms with E-state index >= 15 is 0 Å². The lowest BCUT2D eigenvalue weighted by molar-refractivity contribution is -0.384. The van der Waals surface area contributed by atoms with Gasteiger partial charge in [-0.3, -0.25) is 14.9 Å². The smallest absolute Gasteiger partial charge is 0.296 e. The largest absolute Gasteiger partial charge is 0.481 e. The number of nitro benzene ring substituents is 1. The first-order valence-electron chi connectivity index (χ1n) is 6.19. The van der Waals surface area contributed by atoms with Crippen molar-refractivity contribution in [3.05, 3.63) is 22.2 Å². The van der Waals surface area contributed by atoms with E-state index in [2.05, 4.69) is 5.32 Å². The molecule has 0 spiro atoms. The summed E-state index contributed by atoms with van der Waals surface area (Å²) in [6.45, 7) is 0.959. The van der Waals surface area contributed by atoms with Crippen LogP contribution in [0.4, 0.5) is 17.1 Å². The highest BCUT2D eigenvalue weighted by atomic mass is 16.6. The van der Waals surface area contributed by atoms with Crippen LogP contribution in [-0.2, 0) is 4.79 Å². The van der Waals surface area contributed by atoms with Crippen LogP contribution in [-0.4, -0.2) is 37.6 Å². The van der Waals surface area contributed by atoms with Crippen LogP contribution >= 0.6 is 0 Å². The van der Waals surface area contributed by atoms with E-state index in [-0.39, 0.29) is 18.2 Å². The number of hydrogen-bond acceptors (Lipinski definition) is 6. The van der Waals surface area contributed by atoms with Crippen molar-refractivity contribution in [1.29, 1.82) is 0 Å². The van der Waals surface area contributed by atoms with Crippen molar-refractivity contribution >= 4 is 23.0 Å². The van der Waals surface area contributed by atoms with Crippen LogP contribution < -0.4 is 20.7 Å². The Balaban J connectivity index is 2.40. The molecule has 1 amide bonds. The lowest BCUT2D eigenvalue weighted by Crippen LogP contribution is -2.27. The summed E-state index contributed by atoms with van der Waals surface area (Å²) >= 11 is 0. The van der Waals surface area contributed by atoms with Crippen LogP contribution in [0.5, 0.6) is 5.75 Å². The van der Waals surface area contributed by atoms with Crippen LogP contribution in [0.3, 0.4) is 0 Å². The molecule has 1 aliphatic heterocycles. The molecule has 20 heavy (non-hydrogen) atoms. The maximum Gasteiger partial charge on any atom is 0.296 e. The number of amides is 1. The number of carbonyl (C=O) groups excluding carboxylic acids is 1. The molecule has 108 valence electrons. The predicted octanol–water partition coefficient (Wildman–Crippen LogP) is 0.711. The highest BCUT2D eigenvalue weighted by Crippen LogP contribution is 2.39. The Morgan fingerprint density at radius 3 is 2.95 bits per heavy atom. The Bertz CT molecular complexity index is 547. The maximum absolute atomic E-state index is 11.3. The van der Waals surface area contributed by atoms with Gasteiger partial charge < -0.3 is 20.7 Å². The Morgan fingerprint density at radius 1 is 1.55 bits per heavy atom. The van der Waals surface area contributed by atoms with E-state index in [0.29, 0.717) is 36.6 Å². The van der Waals surface area contributed by atoms with Crippen molar-refractivity contribution in [2.45, 2.75) is 6.42 Å². The number of nitrogens with two attached hydrogens (primary N) is 1. The number of benzene rings is 1. The third kappa shape index (κ3) is 2.80. The van der Waals surface area contributed by atoms with Gasteiger partial charge in [-0.1, -0.05) is 0 Å². The summed E-state index contributed by atoms with van der Waals surface area (Å²) in [5, 5.41) is 13.8. The zero-order chi connectivity index (χ0) is 14.7. The van der Waals surface area contributed by atoms with E-state index < -0.39 is 4.92 Å². The molecular weight excluding hydrogens is 264 g/mol. The minimum Gasteiger partial charge on any atom is -0.481 e. The summed E-state index contributed by atoms with van der Waals surface area (Å²) in [4.78, 5) is 23.7. The predicted molar refractivity (Wildman–Crippen MR) is 74.2 cm³/mol.